The van der Waals surface area contributed by atoms with Crippen molar-refractivity contribution in [1.29, 1.82) is 0 Å². The van der Waals surface area contributed by atoms with E-state index in [2.05, 4.69) is 12.2 Å². The fourth-order valence-corrected chi connectivity index (χ4v) is 2.96. The Morgan fingerprint density at radius 3 is 2.41 bits per heavy atom. The molecule has 1 aliphatic carbocycles. The van der Waals surface area contributed by atoms with Gasteiger partial charge in [0.1, 0.15) is 0 Å². The van der Waals surface area contributed by atoms with Crippen LogP contribution in [0.2, 0.25) is 0 Å². The summed E-state index contributed by atoms with van der Waals surface area (Å²) in [5.41, 5.74) is 0.220. The summed E-state index contributed by atoms with van der Waals surface area (Å²) in [5.74, 6) is 0. The fraction of sp³-hybridized carbons (Fsp3) is 1.00. The third-order valence-electron chi connectivity index (χ3n) is 3.72. The minimum Gasteiger partial charge on any atom is -0.316 e. The van der Waals surface area contributed by atoms with Crippen molar-refractivity contribution in [2.24, 2.45) is 5.41 Å². The summed E-state index contributed by atoms with van der Waals surface area (Å²) >= 11 is 0. The van der Waals surface area contributed by atoms with Gasteiger partial charge >= 0.3 is 0 Å². The molecule has 1 saturated carbocycles. The third kappa shape index (κ3) is 5.30. The molecule has 4 heteroatoms. The number of nitrogens with zero attached hydrogens (tertiary/aromatic N) is 1. The lowest BCUT2D eigenvalue weighted by atomic mass is 9.73. The molecule has 0 atom stereocenters. The predicted molar refractivity (Wildman–Crippen MR) is 67.6 cm³/mol. The molecule has 1 rings (SSSR count). The van der Waals surface area contributed by atoms with Crippen molar-refractivity contribution in [1.82, 2.24) is 10.2 Å². The number of hydrogen-bond acceptors (Lipinski definition) is 2. The number of alkyl halides is 2. The SMILES string of the molecule is CCNCC1(CN(C)CC(F)F)CCCCC1. The molecule has 0 aliphatic heterocycles. The van der Waals surface area contributed by atoms with E-state index in [-0.39, 0.29) is 12.0 Å². The molecule has 0 radical (unpaired) electrons. The predicted octanol–water partition coefficient (Wildman–Crippen LogP) is 2.74. The maximum Gasteiger partial charge on any atom is 0.251 e. The molecule has 0 aromatic heterocycles. The van der Waals surface area contributed by atoms with Crippen molar-refractivity contribution in [2.75, 3.05) is 33.2 Å². The van der Waals surface area contributed by atoms with Gasteiger partial charge in [0.25, 0.3) is 6.43 Å². The Labute approximate surface area is 104 Å². The summed E-state index contributed by atoms with van der Waals surface area (Å²) in [4.78, 5) is 1.80. The van der Waals surface area contributed by atoms with Gasteiger partial charge in [-0.2, -0.15) is 0 Å². The summed E-state index contributed by atoms with van der Waals surface area (Å²) in [7, 11) is 1.81. The van der Waals surface area contributed by atoms with Gasteiger partial charge in [-0.1, -0.05) is 26.2 Å². The van der Waals surface area contributed by atoms with Gasteiger partial charge in [0.15, 0.2) is 0 Å². The van der Waals surface area contributed by atoms with E-state index >= 15 is 0 Å². The smallest absolute Gasteiger partial charge is 0.251 e. The molecular weight excluding hydrogens is 222 g/mol. The molecule has 2 nitrogen and oxygen atoms in total. The van der Waals surface area contributed by atoms with Crippen LogP contribution in [0.5, 0.6) is 0 Å². The van der Waals surface area contributed by atoms with Crippen LogP contribution in [0.25, 0.3) is 0 Å². The minimum absolute atomic E-state index is 0.103. The molecular formula is C13H26F2N2. The third-order valence-corrected chi connectivity index (χ3v) is 3.72. The van der Waals surface area contributed by atoms with E-state index in [1.807, 2.05) is 7.05 Å². The molecule has 1 N–H and O–H groups in total. The van der Waals surface area contributed by atoms with Gasteiger partial charge < -0.3 is 10.2 Å². The molecule has 1 aliphatic rings. The first-order valence-corrected chi connectivity index (χ1v) is 6.75. The summed E-state index contributed by atoms with van der Waals surface area (Å²) in [6.45, 7) is 4.72. The number of hydrogen-bond donors (Lipinski definition) is 1. The Hall–Kier alpha value is -0.220. The summed E-state index contributed by atoms with van der Waals surface area (Å²) in [6.07, 6.45) is 3.91. The lowest BCUT2D eigenvalue weighted by molar-refractivity contribution is 0.0602. The Kier molecular flexibility index (Phi) is 6.34. The average Bonchev–Trinajstić information content (AvgIpc) is 2.26. The van der Waals surface area contributed by atoms with Crippen LogP contribution in [0, 0.1) is 5.41 Å². The molecule has 0 spiro atoms. The topological polar surface area (TPSA) is 15.3 Å². The van der Waals surface area contributed by atoms with Gasteiger partial charge in [-0.25, -0.2) is 8.78 Å². The van der Waals surface area contributed by atoms with Gasteiger partial charge in [-0.05, 0) is 31.8 Å². The van der Waals surface area contributed by atoms with Crippen molar-refractivity contribution in [3.63, 3.8) is 0 Å². The van der Waals surface area contributed by atoms with Crippen LogP contribution in [-0.4, -0.2) is 44.6 Å². The molecule has 1 fully saturated rings. The lowest BCUT2D eigenvalue weighted by Gasteiger charge is -2.40. The molecule has 0 heterocycles. The van der Waals surface area contributed by atoms with Gasteiger partial charge in [-0.3, -0.25) is 0 Å². The van der Waals surface area contributed by atoms with Crippen LogP contribution in [0.1, 0.15) is 39.0 Å². The standard InChI is InChI=1S/C13H26F2N2/c1-3-16-10-13(7-5-4-6-8-13)11-17(2)9-12(14)15/h12,16H,3-11H2,1-2H3. The second-order valence-electron chi connectivity index (χ2n) is 5.43. The van der Waals surface area contributed by atoms with Crippen LogP contribution in [-0.2, 0) is 0 Å². The Bertz CT molecular complexity index is 204. The van der Waals surface area contributed by atoms with E-state index < -0.39 is 6.43 Å². The Morgan fingerprint density at radius 2 is 1.88 bits per heavy atom. The second-order valence-corrected chi connectivity index (χ2v) is 5.43. The van der Waals surface area contributed by atoms with Gasteiger partial charge in [0, 0.05) is 13.1 Å². The number of halogens is 2. The van der Waals surface area contributed by atoms with Crippen LogP contribution in [0.15, 0.2) is 0 Å². The lowest BCUT2D eigenvalue weighted by Crippen LogP contribution is -2.45. The largest absolute Gasteiger partial charge is 0.316 e. The van der Waals surface area contributed by atoms with Gasteiger partial charge in [0.2, 0.25) is 0 Å². The van der Waals surface area contributed by atoms with Crippen molar-refractivity contribution >= 4 is 0 Å². The molecule has 0 saturated heterocycles. The van der Waals surface area contributed by atoms with Crippen LogP contribution in [0.3, 0.4) is 0 Å². The maximum absolute atomic E-state index is 12.4. The highest BCUT2D eigenvalue weighted by molar-refractivity contribution is 4.87. The first kappa shape index (κ1) is 14.8. The summed E-state index contributed by atoms with van der Waals surface area (Å²) < 4.78 is 24.7. The fourth-order valence-electron chi connectivity index (χ4n) is 2.96. The molecule has 17 heavy (non-hydrogen) atoms. The average molecular weight is 248 g/mol. The Morgan fingerprint density at radius 1 is 1.24 bits per heavy atom. The zero-order valence-corrected chi connectivity index (χ0v) is 11.1. The zero-order chi connectivity index (χ0) is 12.7. The van der Waals surface area contributed by atoms with E-state index in [1.54, 1.807) is 4.90 Å². The quantitative estimate of drug-likeness (QED) is 0.745. The molecule has 102 valence electrons. The van der Waals surface area contributed by atoms with E-state index in [0.29, 0.717) is 0 Å². The van der Waals surface area contributed by atoms with Crippen LogP contribution < -0.4 is 5.32 Å². The highest BCUT2D eigenvalue weighted by Crippen LogP contribution is 2.36. The van der Waals surface area contributed by atoms with E-state index in [4.69, 9.17) is 0 Å². The van der Waals surface area contributed by atoms with E-state index in [0.717, 1.165) is 19.6 Å². The molecule has 0 amide bonds. The zero-order valence-electron chi connectivity index (χ0n) is 11.1. The summed E-state index contributed by atoms with van der Waals surface area (Å²) in [5, 5.41) is 3.40. The number of nitrogens with one attached hydrogen (secondary N) is 1. The first-order valence-electron chi connectivity index (χ1n) is 6.75. The summed E-state index contributed by atoms with van der Waals surface area (Å²) in [6, 6.07) is 0. The highest BCUT2D eigenvalue weighted by atomic mass is 19.3. The molecule has 0 unspecified atom stereocenters. The minimum atomic E-state index is -2.22. The van der Waals surface area contributed by atoms with Gasteiger partial charge in [-0.15, -0.1) is 0 Å². The van der Waals surface area contributed by atoms with Gasteiger partial charge in [0.05, 0.1) is 6.54 Å². The normalized spacial score (nSPS) is 20.1. The van der Waals surface area contributed by atoms with Crippen molar-refractivity contribution in [3.05, 3.63) is 0 Å². The first-order chi connectivity index (χ1) is 8.08. The van der Waals surface area contributed by atoms with Crippen LogP contribution >= 0.6 is 0 Å². The van der Waals surface area contributed by atoms with E-state index in [9.17, 15) is 8.78 Å². The Balaban J connectivity index is 2.49. The molecule has 0 aromatic carbocycles. The molecule has 0 bridgehead atoms. The molecule has 0 aromatic rings. The van der Waals surface area contributed by atoms with Crippen molar-refractivity contribution < 1.29 is 8.78 Å². The van der Waals surface area contributed by atoms with Crippen LogP contribution in [0.4, 0.5) is 8.78 Å². The second kappa shape index (κ2) is 7.27. The maximum atomic E-state index is 12.4. The van der Waals surface area contributed by atoms with Crippen molar-refractivity contribution in [2.45, 2.75) is 45.5 Å². The van der Waals surface area contributed by atoms with E-state index in [1.165, 1.54) is 32.1 Å². The monoisotopic (exact) mass is 248 g/mol. The number of rotatable bonds is 7. The highest BCUT2D eigenvalue weighted by Gasteiger charge is 2.33. The van der Waals surface area contributed by atoms with Crippen molar-refractivity contribution in [3.8, 4) is 0 Å².